The maximum absolute atomic E-state index is 13.4. The van der Waals surface area contributed by atoms with Crippen LogP contribution in [0.1, 0.15) is 16.7 Å². The summed E-state index contributed by atoms with van der Waals surface area (Å²) < 4.78 is 18.7. The highest BCUT2D eigenvalue weighted by Crippen LogP contribution is 2.17. The van der Waals surface area contributed by atoms with Crippen LogP contribution in [0.25, 0.3) is 0 Å². The molecule has 2 N–H and O–H groups in total. The van der Waals surface area contributed by atoms with Crippen molar-refractivity contribution in [2.75, 3.05) is 31.2 Å². The predicted molar refractivity (Wildman–Crippen MR) is 92.3 cm³/mol. The van der Waals surface area contributed by atoms with Gasteiger partial charge in [-0.3, -0.25) is 0 Å². The zero-order valence-corrected chi connectivity index (χ0v) is 13.7. The molecule has 0 saturated carbocycles. The molecular formula is C19H23FN2O2. The Bertz CT molecular complexity index is 655. The lowest BCUT2D eigenvalue weighted by atomic mass is 10.1. The molecule has 0 radical (unpaired) electrons. The SMILES string of the molecule is OCc1cc(CNCc2ccc(N3CCOCC3)cc2)ccc1F. The molecule has 4 nitrogen and oxygen atoms in total. The molecule has 0 bridgehead atoms. The minimum Gasteiger partial charge on any atom is -0.392 e. The standard InChI is InChI=1S/C19H23FN2O2/c20-19-6-3-16(11-17(19)14-23)13-21-12-15-1-4-18(5-2-15)22-7-9-24-10-8-22/h1-6,11,21,23H,7-10,12-14H2. The first-order valence-electron chi connectivity index (χ1n) is 8.27. The summed E-state index contributed by atoms with van der Waals surface area (Å²) in [5, 5.41) is 12.5. The minimum atomic E-state index is -0.361. The molecule has 0 unspecified atom stereocenters. The topological polar surface area (TPSA) is 44.7 Å². The van der Waals surface area contributed by atoms with Crippen molar-refractivity contribution < 1.29 is 14.2 Å². The van der Waals surface area contributed by atoms with Crippen LogP contribution in [0.15, 0.2) is 42.5 Å². The van der Waals surface area contributed by atoms with Crippen LogP contribution in [0.3, 0.4) is 0 Å². The number of ether oxygens (including phenoxy) is 1. The molecule has 0 spiro atoms. The number of benzene rings is 2. The van der Waals surface area contributed by atoms with Crippen LogP contribution in [0.4, 0.5) is 10.1 Å². The summed E-state index contributed by atoms with van der Waals surface area (Å²) >= 11 is 0. The fourth-order valence-corrected chi connectivity index (χ4v) is 2.86. The Morgan fingerprint density at radius 2 is 1.67 bits per heavy atom. The van der Waals surface area contributed by atoms with Gasteiger partial charge in [-0.05, 0) is 35.4 Å². The summed E-state index contributed by atoms with van der Waals surface area (Å²) in [5.74, 6) is -0.361. The summed E-state index contributed by atoms with van der Waals surface area (Å²) in [5.41, 5.74) is 3.74. The molecule has 1 aliphatic rings. The monoisotopic (exact) mass is 330 g/mol. The van der Waals surface area contributed by atoms with Crippen LogP contribution in [-0.2, 0) is 24.4 Å². The number of hydrogen-bond donors (Lipinski definition) is 2. The largest absolute Gasteiger partial charge is 0.392 e. The molecular weight excluding hydrogens is 307 g/mol. The normalized spacial score (nSPS) is 14.8. The number of morpholine rings is 1. The van der Waals surface area contributed by atoms with Gasteiger partial charge in [0.2, 0.25) is 0 Å². The molecule has 2 aromatic carbocycles. The number of halogens is 1. The number of aliphatic hydroxyl groups is 1. The molecule has 1 saturated heterocycles. The van der Waals surface area contributed by atoms with Crippen LogP contribution in [0.5, 0.6) is 0 Å². The lowest BCUT2D eigenvalue weighted by Crippen LogP contribution is -2.36. The van der Waals surface area contributed by atoms with Gasteiger partial charge in [-0.2, -0.15) is 0 Å². The minimum absolute atomic E-state index is 0.275. The van der Waals surface area contributed by atoms with Gasteiger partial charge in [-0.15, -0.1) is 0 Å². The van der Waals surface area contributed by atoms with Crippen molar-refractivity contribution in [3.63, 3.8) is 0 Å². The van der Waals surface area contributed by atoms with Gasteiger partial charge in [-0.25, -0.2) is 4.39 Å². The van der Waals surface area contributed by atoms with E-state index in [-0.39, 0.29) is 12.4 Å². The highest BCUT2D eigenvalue weighted by atomic mass is 19.1. The number of hydrogen-bond acceptors (Lipinski definition) is 4. The van der Waals surface area contributed by atoms with Crippen molar-refractivity contribution in [2.24, 2.45) is 0 Å². The second-order valence-corrected chi connectivity index (χ2v) is 5.95. The molecule has 5 heteroatoms. The summed E-state index contributed by atoms with van der Waals surface area (Å²) in [6.07, 6.45) is 0. The first-order chi connectivity index (χ1) is 11.8. The molecule has 3 rings (SSSR count). The van der Waals surface area contributed by atoms with Crippen molar-refractivity contribution in [2.45, 2.75) is 19.7 Å². The molecule has 0 aromatic heterocycles. The van der Waals surface area contributed by atoms with Gasteiger partial charge in [0, 0.05) is 37.4 Å². The van der Waals surface area contributed by atoms with Crippen LogP contribution >= 0.6 is 0 Å². The Labute approximate surface area is 141 Å². The van der Waals surface area contributed by atoms with Crippen molar-refractivity contribution in [3.8, 4) is 0 Å². The molecule has 0 atom stereocenters. The Morgan fingerprint density at radius 3 is 2.38 bits per heavy atom. The van der Waals surface area contributed by atoms with E-state index in [1.807, 2.05) is 0 Å². The Morgan fingerprint density at radius 1 is 1.00 bits per heavy atom. The highest BCUT2D eigenvalue weighted by Gasteiger charge is 2.10. The third kappa shape index (κ3) is 4.32. The predicted octanol–water partition coefficient (Wildman–Crippen LogP) is 2.44. The van der Waals surface area contributed by atoms with Crippen molar-refractivity contribution in [1.29, 1.82) is 0 Å². The molecule has 0 aliphatic carbocycles. The third-order valence-corrected chi connectivity index (χ3v) is 4.25. The van der Waals surface area contributed by atoms with E-state index in [9.17, 15) is 4.39 Å². The lowest BCUT2D eigenvalue weighted by molar-refractivity contribution is 0.122. The Balaban J connectivity index is 1.51. The van der Waals surface area contributed by atoms with Crippen LogP contribution < -0.4 is 10.2 Å². The fourth-order valence-electron chi connectivity index (χ4n) is 2.86. The molecule has 2 aromatic rings. The maximum atomic E-state index is 13.4. The van der Waals surface area contributed by atoms with Gasteiger partial charge in [0.1, 0.15) is 5.82 Å². The first-order valence-corrected chi connectivity index (χ1v) is 8.27. The Kier molecular flexibility index (Phi) is 5.80. The maximum Gasteiger partial charge on any atom is 0.128 e. The zero-order valence-electron chi connectivity index (χ0n) is 13.7. The number of rotatable bonds is 6. The van der Waals surface area contributed by atoms with E-state index in [1.165, 1.54) is 17.3 Å². The number of nitrogens with zero attached hydrogens (tertiary/aromatic N) is 1. The quantitative estimate of drug-likeness (QED) is 0.854. The third-order valence-electron chi connectivity index (χ3n) is 4.25. The molecule has 1 fully saturated rings. The Hall–Kier alpha value is -1.95. The van der Waals surface area contributed by atoms with Crippen molar-refractivity contribution >= 4 is 5.69 Å². The zero-order chi connectivity index (χ0) is 16.8. The summed E-state index contributed by atoms with van der Waals surface area (Å²) in [7, 11) is 0. The van der Waals surface area contributed by atoms with E-state index in [0.717, 1.165) is 38.4 Å². The van der Waals surface area contributed by atoms with Gasteiger partial charge in [0.15, 0.2) is 0 Å². The molecule has 128 valence electrons. The molecule has 24 heavy (non-hydrogen) atoms. The number of nitrogens with one attached hydrogen (secondary N) is 1. The van der Waals surface area contributed by atoms with Crippen LogP contribution in [0, 0.1) is 5.82 Å². The van der Waals surface area contributed by atoms with Crippen molar-refractivity contribution in [3.05, 3.63) is 65.0 Å². The van der Waals surface area contributed by atoms with E-state index >= 15 is 0 Å². The van der Waals surface area contributed by atoms with Crippen LogP contribution in [0.2, 0.25) is 0 Å². The fraction of sp³-hybridized carbons (Fsp3) is 0.368. The van der Waals surface area contributed by atoms with E-state index < -0.39 is 0 Å². The number of anilines is 1. The average Bonchev–Trinajstić information content (AvgIpc) is 2.64. The van der Waals surface area contributed by atoms with Gasteiger partial charge >= 0.3 is 0 Å². The average molecular weight is 330 g/mol. The van der Waals surface area contributed by atoms with Gasteiger partial charge < -0.3 is 20.1 Å². The second-order valence-electron chi connectivity index (χ2n) is 5.95. The second kappa shape index (κ2) is 8.24. The summed E-state index contributed by atoms with van der Waals surface area (Å²) in [4.78, 5) is 2.33. The summed E-state index contributed by atoms with van der Waals surface area (Å²) in [6.45, 7) is 4.56. The smallest absolute Gasteiger partial charge is 0.128 e. The number of aliphatic hydroxyl groups excluding tert-OH is 1. The van der Waals surface area contributed by atoms with Gasteiger partial charge in [0.25, 0.3) is 0 Å². The van der Waals surface area contributed by atoms with Gasteiger partial charge in [-0.1, -0.05) is 18.2 Å². The van der Waals surface area contributed by atoms with Crippen LogP contribution in [-0.4, -0.2) is 31.4 Å². The molecule has 1 heterocycles. The van der Waals surface area contributed by atoms with E-state index in [0.29, 0.717) is 12.1 Å². The molecule has 0 amide bonds. The van der Waals surface area contributed by atoms with E-state index in [1.54, 1.807) is 12.1 Å². The van der Waals surface area contributed by atoms with Crippen molar-refractivity contribution in [1.82, 2.24) is 5.32 Å². The summed E-state index contributed by atoms with van der Waals surface area (Å²) in [6, 6.07) is 13.4. The highest BCUT2D eigenvalue weighted by molar-refractivity contribution is 5.47. The molecule has 1 aliphatic heterocycles. The van der Waals surface area contributed by atoms with E-state index in [4.69, 9.17) is 9.84 Å². The lowest BCUT2D eigenvalue weighted by Gasteiger charge is -2.28. The van der Waals surface area contributed by atoms with E-state index in [2.05, 4.69) is 34.5 Å². The first kappa shape index (κ1) is 16.9. The van der Waals surface area contributed by atoms with Gasteiger partial charge in [0.05, 0.1) is 19.8 Å².